The standard InChI is InChI=1S/C15H22FN3/c16-14-5-3-4-12(15(14)17)10-18-9-6-13(11-18)19-7-1-2-8-19/h3-5,13H,1-2,6-11,17H2. The predicted octanol–water partition coefficient (Wildman–Crippen LogP) is 2.08. The average molecular weight is 263 g/mol. The summed E-state index contributed by atoms with van der Waals surface area (Å²) in [6.45, 7) is 5.46. The van der Waals surface area contributed by atoms with E-state index in [-0.39, 0.29) is 5.82 Å². The van der Waals surface area contributed by atoms with Gasteiger partial charge in [0.05, 0.1) is 5.69 Å². The molecule has 2 aliphatic rings. The van der Waals surface area contributed by atoms with E-state index < -0.39 is 0 Å². The summed E-state index contributed by atoms with van der Waals surface area (Å²) in [6.07, 6.45) is 3.91. The third-order valence-corrected chi connectivity index (χ3v) is 4.44. The molecule has 3 rings (SSSR count). The van der Waals surface area contributed by atoms with Gasteiger partial charge in [-0.1, -0.05) is 12.1 Å². The Bertz CT molecular complexity index is 443. The molecular weight excluding hydrogens is 241 g/mol. The van der Waals surface area contributed by atoms with E-state index in [1.165, 1.54) is 38.4 Å². The summed E-state index contributed by atoms with van der Waals surface area (Å²) in [5, 5.41) is 0. The molecule has 2 aliphatic heterocycles. The lowest BCUT2D eigenvalue weighted by molar-refractivity contribution is 0.230. The zero-order valence-corrected chi connectivity index (χ0v) is 11.3. The monoisotopic (exact) mass is 263 g/mol. The highest BCUT2D eigenvalue weighted by atomic mass is 19.1. The number of nitrogens with two attached hydrogens (primary N) is 1. The van der Waals surface area contributed by atoms with E-state index >= 15 is 0 Å². The van der Waals surface area contributed by atoms with Crippen molar-refractivity contribution in [1.29, 1.82) is 0 Å². The molecule has 19 heavy (non-hydrogen) atoms. The fourth-order valence-electron chi connectivity index (χ4n) is 3.32. The Kier molecular flexibility index (Phi) is 3.71. The van der Waals surface area contributed by atoms with Gasteiger partial charge in [-0.25, -0.2) is 4.39 Å². The second-order valence-corrected chi connectivity index (χ2v) is 5.73. The minimum absolute atomic E-state index is 0.298. The molecule has 104 valence electrons. The third kappa shape index (κ3) is 2.74. The second kappa shape index (κ2) is 5.47. The number of rotatable bonds is 3. The first-order chi connectivity index (χ1) is 9.24. The van der Waals surface area contributed by atoms with Gasteiger partial charge in [0.25, 0.3) is 0 Å². The van der Waals surface area contributed by atoms with Crippen molar-refractivity contribution in [2.45, 2.75) is 31.8 Å². The third-order valence-electron chi connectivity index (χ3n) is 4.44. The van der Waals surface area contributed by atoms with Crippen molar-refractivity contribution in [2.75, 3.05) is 31.9 Å². The van der Waals surface area contributed by atoms with Crippen LogP contribution in [-0.4, -0.2) is 42.0 Å². The molecule has 3 nitrogen and oxygen atoms in total. The molecule has 0 radical (unpaired) electrons. The highest BCUT2D eigenvalue weighted by Gasteiger charge is 2.29. The van der Waals surface area contributed by atoms with E-state index in [0.29, 0.717) is 11.7 Å². The molecule has 2 fully saturated rings. The minimum Gasteiger partial charge on any atom is -0.396 e. The van der Waals surface area contributed by atoms with Gasteiger partial charge in [-0.15, -0.1) is 0 Å². The molecule has 1 atom stereocenters. The molecule has 0 saturated carbocycles. The molecular formula is C15H22FN3. The number of hydrogen-bond donors (Lipinski definition) is 1. The van der Waals surface area contributed by atoms with Crippen molar-refractivity contribution in [3.05, 3.63) is 29.6 Å². The molecule has 1 aromatic rings. The molecule has 1 aromatic carbocycles. The smallest absolute Gasteiger partial charge is 0.146 e. The van der Waals surface area contributed by atoms with Crippen LogP contribution in [0.4, 0.5) is 10.1 Å². The van der Waals surface area contributed by atoms with Gasteiger partial charge in [-0.3, -0.25) is 9.80 Å². The van der Waals surface area contributed by atoms with Crippen molar-refractivity contribution in [1.82, 2.24) is 9.80 Å². The molecule has 0 aliphatic carbocycles. The Labute approximate surface area is 114 Å². The summed E-state index contributed by atoms with van der Waals surface area (Å²) in [5.74, 6) is -0.298. The Morgan fingerprint density at radius 1 is 1.21 bits per heavy atom. The van der Waals surface area contributed by atoms with Crippen molar-refractivity contribution < 1.29 is 4.39 Å². The lowest BCUT2D eigenvalue weighted by Gasteiger charge is -2.24. The molecule has 2 saturated heterocycles. The van der Waals surface area contributed by atoms with Crippen LogP contribution < -0.4 is 5.73 Å². The Morgan fingerprint density at radius 3 is 2.79 bits per heavy atom. The molecule has 0 bridgehead atoms. The molecule has 0 amide bonds. The van der Waals surface area contributed by atoms with Gasteiger partial charge in [-0.05, 0) is 44.0 Å². The largest absolute Gasteiger partial charge is 0.396 e. The minimum atomic E-state index is -0.298. The van der Waals surface area contributed by atoms with Crippen LogP contribution in [0.5, 0.6) is 0 Å². The van der Waals surface area contributed by atoms with E-state index in [4.69, 9.17) is 5.73 Å². The van der Waals surface area contributed by atoms with E-state index in [1.807, 2.05) is 6.07 Å². The highest BCUT2D eigenvalue weighted by Crippen LogP contribution is 2.24. The Balaban J connectivity index is 1.60. The van der Waals surface area contributed by atoms with Crippen LogP contribution in [0, 0.1) is 5.82 Å². The van der Waals surface area contributed by atoms with Crippen molar-refractivity contribution in [3.63, 3.8) is 0 Å². The normalized spacial score (nSPS) is 25.2. The molecule has 2 N–H and O–H groups in total. The van der Waals surface area contributed by atoms with Gasteiger partial charge in [0, 0.05) is 25.7 Å². The quantitative estimate of drug-likeness (QED) is 0.847. The second-order valence-electron chi connectivity index (χ2n) is 5.73. The molecule has 1 unspecified atom stereocenters. The maximum Gasteiger partial charge on any atom is 0.146 e. The summed E-state index contributed by atoms with van der Waals surface area (Å²) < 4.78 is 13.4. The van der Waals surface area contributed by atoms with Crippen LogP contribution >= 0.6 is 0 Å². The zero-order valence-electron chi connectivity index (χ0n) is 11.3. The predicted molar refractivity (Wildman–Crippen MR) is 75.3 cm³/mol. The number of anilines is 1. The van der Waals surface area contributed by atoms with Crippen molar-refractivity contribution in [2.24, 2.45) is 0 Å². The number of halogens is 1. The first-order valence-electron chi connectivity index (χ1n) is 7.23. The van der Waals surface area contributed by atoms with E-state index in [0.717, 1.165) is 25.2 Å². The average Bonchev–Trinajstić information content (AvgIpc) is 3.05. The van der Waals surface area contributed by atoms with Gasteiger partial charge in [0.1, 0.15) is 5.82 Å². The number of nitrogens with zero attached hydrogens (tertiary/aromatic N) is 2. The van der Waals surface area contributed by atoms with Gasteiger partial charge >= 0.3 is 0 Å². The van der Waals surface area contributed by atoms with Gasteiger partial charge in [0.15, 0.2) is 0 Å². The van der Waals surface area contributed by atoms with E-state index in [9.17, 15) is 4.39 Å². The maximum absolute atomic E-state index is 13.4. The van der Waals surface area contributed by atoms with Crippen molar-refractivity contribution in [3.8, 4) is 0 Å². The fraction of sp³-hybridized carbons (Fsp3) is 0.600. The Morgan fingerprint density at radius 2 is 2.00 bits per heavy atom. The molecule has 4 heteroatoms. The topological polar surface area (TPSA) is 32.5 Å². The summed E-state index contributed by atoms with van der Waals surface area (Å²) in [4.78, 5) is 5.00. The van der Waals surface area contributed by atoms with Gasteiger partial charge in [-0.2, -0.15) is 0 Å². The zero-order chi connectivity index (χ0) is 13.2. The molecule has 0 spiro atoms. The summed E-state index contributed by atoms with van der Waals surface area (Å²) in [6, 6.07) is 5.80. The molecule has 2 heterocycles. The SMILES string of the molecule is Nc1c(F)cccc1CN1CCC(N2CCCC2)C1. The number of benzene rings is 1. The number of likely N-dealkylation sites (tertiary alicyclic amines) is 2. The first kappa shape index (κ1) is 12.9. The summed E-state index contributed by atoms with van der Waals surface area (Å²) >= 11 is 0. The van der Waals surface area contributed by atoms with Crippen LogP contribution in [0.3, 0.4) is 0 Å². The Hall–Kier alpha value is -1.13. The fourth-order valence-corrected chi connectivity index (χ4v) is 3.32. The van der Waals surface area contributed by atoms with E-state index in [2.05, 4.69) is 9.80 Å². The number of hydrogen-bond acceptors (Lipinski definition) is 3. The number of nitrogen functional groups attached to an aromatic ring is 1. The number of para-hydroxylation sites is 1. The van der Waals surface area contributed by atoms with Gasteiger partial charge in [0.2, 0.25) is 0 Å². The lowest BCUT2D eigenvalue weighted by atomic mass is 10.1. The summed E-state index contributed by atoms with van der Waals surface area (Å²) in [7, 11) is 0. The van der Waals surface area contributed by atoms with Crippen molar-refractivity contribution >= 4 is 5.69 Å². The lowest BCUT2D eigenvalue weighted by Crippen LogP contribution is -2.35. The summed E-state index contributed by atoms with van der Waals surface area (Å²) in [5.41, 5.74) is 7.04. The van der Waals surface area contributed by atoms with Crippen LogP contribution in [-0.2, 0) is 6.54 Å². The molecule has 0 aromatic heterocycles. The van der Waals surface area contributed by atoms with Crippen LogP contribution in [0.25, 0.3) is 0 Å². The highest BCUT2D eigenvalue weighted by molar-refractivity contribution is 5.47. The maximum atomic E-state index is 13.4. The van der Waals surface area contributed by atoms with Gasteiger partial charge < -0.3 is 5.73 Å². The van der Waals surface area contributed by atoms with Crippen LogP contribution in [0.15, 0.2) is 18.2 Å². The first-order valence-corrected chi connectivity index (χ1v) is 7.23. The van der Waals surface area contributed by atoms with Crippen LogP contribution in [0.1, 0.15) is 24.8 Å². The van der Waals surface area contributed by atoms with Crippen LogP contribution in [0.2, 0.25) is 0 Å². The van der Waals surface area contributed by atoms with E-state index in [1.54, 1.807) is 6.07 Å².